The van der Waals surface area contributed by atoms with Gasteiger partial charge in [0.05, 0.1) is 6.10 Å². The van der Waals surface area contributed by atoms with Crippen molar-refractivity contribution < 1.29 is 5.11 Å². The summed E-state index contributed by atoms with van der Waals surface area (Å²) in [5.74, 6) is 0. The lowest BCUT2D eigenvalue weighted by Gasteiger charge is -2.17. The number of hydrogen-bond donors (Lipinski definition) is 2. The molecular formula is C13H21NO. The maximum absolute atomic E-state index is 9.36. The second kappa shape index (κ2) is 5.89. The second-order valence-electron chi connectivity index (χ2n) is 4.03. The molecule has 0 spiro atoms. The van der Waals surface area contributed by atoms with Crippen molar-refractivity contribution >= 4 is 0 Å². The molecule has 1 aromatic carbocycles. The Balaban J connectivity index is 2.57. The lowest BCUT2D eigenvalue weighted by molar-refractivity contribution is 0.152. The fraction of sp³-hybridized carbons (Fsp3) is 0.538. The molecule has 0 aliphatic carbocycles. The maximum Gasteiger partial charge on any atom is 0.0662 e. The van der Waals surface area contributed by atoms with Gasteiger partial charge in [0.1, 0.15) is 0 Å². The minimum absolute atomic E-state index is 0.134. The highest BCUT2D eigenvalue weighted by Crippen LogP contribution is 2.09. The van der Waals surface area contributed by atoms with Crippen molar-refractivity contribution in [2.24, 2.45) is 0 Å². The molecule has 84 valence electrons. The van der Waals surface area contributed by atoms with Crippen LogP contribution in [0.3, 0.4) is 0 Å². The average molecular weight is 207 g/mol. The highest BCUT2D eigenvalue weighted by molar-refractivity contribution is 5.26. The number of nitrogens with one attached hydrogen (secondary N) is 1. The summed E-state index contributed by atoms with van der Waals surface area (Å²) in [5.41, 5.74) is 2.70. The zero-order valence-electron chi connectivity index (χ0n) is 9.83. The average Bonchev–Trinajstić information content (AvgIpc) is 2.26. The van der Waals surface area contributed by atoms with Crippen LogP contribution >= 0.6 is 0 Å². The van der Waals surface area contributed by atoms with Gasteiger partial charge in [-0.2, -0.15) is 0 Å². The third kappa shape index (κ3) is 3.65. The van der Waals surface area contributed by atoms with E-state index in [-0.39, 0.29) is 12.1 Å². The van der Waals surface area contributed by atoms with Crippen LogP contribution in [0.15, 0.2) is 24.3 Å². The molecule has 0 aromatic heterocycles. The Kier molecular flexibility index (Phi) is 4.79. The summed E-state index contributed by atoms with van der Waals surface area (Å²) < 4.78 is 0. The van der Waals surface area contributed by atoms with Crippen LogP contribution in [0, 0.1) is 0 Å². The van der Waals surface area contributed by atoms with E-state index in [2.05, 4.69) is 36.5 Å². The summed E-state index contributed by atoms with van der Waals surface area (Å²) in [6.07, 6.45) is 0.750. The lowest BCUT2D eigenvalue weighted by Crippen LogP contribution is -2.35. The number of aliphatic hydroxyl groups is 1. The monoisotopic (exact) mass is 207 g/mol. The molecule has 0 fully saturated rings. The van der Waals surface area contributed by atoms with Crippen molar-refractivity contribution in [3.05, 3.63) is 35.4 Å². The Bertz CT molecular complexity index is 296. The molecule has 0 radical (unpaired) electrons. The largest absolute Gasteiger partial charge is 0.392 e. The zero-order valence-corrected chi connectivity index (χ0v) is 9.83. The number of aryl methyl sites for hydroxylation is 1. The highest BCUT2D eigenvalue weighted by atomic mass is 16.3. The van der Waals surface area contributed by atoms with E-state index in [1.807, 2.05) is 13.8 Å². The van der Waals surface area contributed by atoms with Crippen molar-refractivity contribution in [2.75, 3.05) is 0 Å². The maximum atomic E-state index is 9.36. The van der Waals surface area contributed by atoms with Gasteiger partial charge in [-0.05, 0) is 31.4 Å². The van der Waals surface area contributed by atoms with Crippen molar-refractivity contribution in [1.82, 2.24) is 5.32 Å². The molecule has 0 bridgehead atoms. The van der Waals surface area contributed by atoms with Gasteiger partial charge < -0.3 is 10.4 Å². The fourth-order valence-electron chi connectivity index (χ4n) is 1.52. The van der Waals surface area contributed by atoms with Gasteiger partial charge in [-0.3, -0.25) is 0 Å². The van der Waals surface area contributed by atoms with Crippen molar-refractivity contribution in [3.63, 3.8) is 0 Å². The van der Waals surface area contributed by atoms with Crippen molar-refractivity contribution in [2.45, 2.75) is 45.9 Å². The number of aliphatic hydroxyl groups excluding tert-OH is 1. The van der Waals surface area contributed by atoms with Crippen LogP contribution in [0.2, 0.25) is 0 Å². The van der Waals surface area contributed by atoms with E-state index in [0.29, 0.717) is 0 Å². The molecule has 0 aliphatic rings. The van der Waals surface area contributed by atoms with E-state index in [4.69, 9.17) is 0 Å². The number of benzene rings is 1. The van der Waals surface area contributed by atoms with Gasteiger partial charge in [-0.25, -0.2) is 0 Å². The molecule has 2 unspecified atom stereocenters. The molecular weight excluding hydrogens is 186 g/mol. The Morgan fingerprint density at radius 1 is 1.20 bits per heavy atom. The topological polar surface area (TPSA) is 32.3 Å². The summed E-state index contributed by atoms with van der Waals surface area (Å²) in [5, 5.41) is 12.7. The van der Waals surface area contributed by atoms with Crippen LogP contribution in [0.5, 0.6) is 0 Å². The standard InChI is InChI=1S/C13H21NO/c1-4-12-7-5-6-8-13(12)9-14-10(2)11(3)15/h5-8,10-11,14-15H,4,9H2,1-3H3. The molecule has 15 heavy (non-hydrogen) atoms. The Hall–Kier alpha value is -0.860. The minimum atomic E-state index is -0.307. The van der Waals surface area contributed by atoms with E-state index in [1.54, 1.807) is 0 Å². The summed E-state index contributed by atoms with van der Waals surface area (Å²) in [6, 6.07) is 8.56. The van der Waals surface area contributed by atoms with E-state index >= 15 is 0 Å². The van der Waals surface area contributed by atoms with Gasteiger partial charge in [0, 0.05) is 12.6 Å². The van der Waals surface area contributed by atoms with Crippen LogP contribution in [-0.2, 0) is 13.0 Å². The molecule has 0 heterocycles. The van der Waals surface area contributed by atoms with E-state index in [9.17, 15) is 5.11 Å². The quantitative estimate of drug-likeness (QED) is 0.775. The minimum Gasteiger partial charge on any atom is -0.392 e. The first-order valence-electron chi connectivity index (χ1n) is 5.63. The van der Waals surface area contributed by atoms with Gasteiger partial charge >= 0.3 is 0 Å². The van der Waals surface area contributed by atoms with Gasteiger partial charge in [-0.1, -0.05) is 31.2 Å². The van der Waals surface area contributed by atoms with Crippen LogP contribution in [0.1, 0.15) is 31.9 Å². The van der Waals surface area contributed by atoms with Crippen molar-refractivity contribution in [3.8, 4) is 0 Å². The first kappa shape index (κ1) is 12.2. The van der Waals surface area contributed by atoms with Crippen molar-refractivity contribution in [1.29, 1.82) is 0 Å². The smallest absolute Gasteiger partial charge is 0.0662 e. The molecule has 1 aromatic rings. The molecule has 2 N–H and O–H groups in total. The third-order valence-corrected chi connectivity index (χ3v) is 2.84. The summed E-state index contributed by atoms with van der Waals surface area (Å²) >= 11 is 0. The van der Waals surface area contributed by atoms with Gasteiger partial charge in [0.25, 0.3) is 0 Å². The predicted octanol–water partition coefficient (Wildman–Crippen LogP) is 2.11. The molecule has 0 saturated carbocycles. The molecule has 0 amide bonds. The summed E-state index contributed by atoms with van der Waals surface area (Å²) in [7, 11) is 0. The van der Waals surface area contributed by atoms with E-state index in [1.165, 1.54) is 11.1 Å². The normalized spacial score (nSPS) is 14.9. The molecule has 0 aliphatic heterocycles. The van der Waals surface area contributed by atoms with Crippen LogP contribution < -0.4 is 5.32 Å². The summed E-state index contributed by atoms with van der Waals surface area (Å²) in [6.45, 7) is 6.80. The fourth-order valence-corrected chi connectivity index (χ4v) is 1.52. The molecule has 0 saturated heterocycles. The summed E-state index contributed by atoms with van der Waals surface area (Å²) in [4.78, 5) is 0. The van der Waals surface area contributed by atoms with Crippen LogP contribution in [0.4, 0.5) is 0 Å². The Morgan fingerprint density at radius 2 is 1.80 bits per heavy atom. The SMILES string of the molecule is CCc1ccccc1CNC(C)C(C)O. The van der Waals surface area contributed by atoms with E-state index in [0.717, 1.165) is 13.0 Å². The van der Waals surface area contributed by atoms with Gasteiger partial charge in [0.15, 0.2) is 0 Å². The predicted molar refractivity (Wildman–Crippen MR) is 63.8 cm³/mol. The highest BCUT2D eigenvalue weighted by Gasteiger charge is 2.08. The molecule has 2 atom stereocenters. The van der Waals surface area contributed by atoms with Crippen LogP contribution in [0.25, 0.3) is 0 Å². The second-order valence-corrected chi connectivity index (χ2v) is 4.03. The van der Waals surface area contributed by atoms with Gasteiger partial charge in [0.2, 0.25) is 0 Å². The number of rotatable bonds is 5. The first-order valence-corrected chi connectivity index (χ1v) is 5.63. The first-order chi connectivity index (χ1) is 7.15. The lowest BCUT2D eigenvalue weighted by atomic mass is 10.0. The molecule has 2 heteroatoms. The Morgan fingerprint density at radius 3 is 2.33 bits per heavy atom. The molecule has 2 nitrogen and oxygen atoms in total. The zero-order chi connectivity index (χ0) is 11.3. The van der Waals surface area contributed by atoms with Crippen LogP contribution in [-0.4, -0.2) is 17.3 Å². The third-order valence-electron chi connectivity index (χ3n) is 2.84. The van der Waals surface area contributed by atoms with Gasteiger partial charge in [-0.15, -0.1) is 0 Å². The van der Waals surface area contributed by atoms with E-state index < -0.39 is 0 Å². The molecule has 1 rings (SSSR count). The number of hydrogen-bond acceptors (Lipinski definition) is 2. The Labute approximate surface area is 92.3 Å².